The van der Waals surface area contributed by atoms with Crippen LogP contribution in [-0.4, -0.2) is 100 Å². The van der Waals surface area contributed by atoms with Crippen LogP contribution in [0.2, 0.25) is 0 Å². The molecule has 2 N–H and O–H groups in total. The van der Waals surface area contributed by atoms with E-state index in [2.05, 4.69) is 10.6 Å². The Kier molecular flexibility index (Phi) is 17.2. The smallest absolute Gasteiger partial charge is 0.326 e. The van der Waals surface area contributed by atoms with Crippen LogP contribution in [0, 0.1) is 11.8 Å². The van der Waals surface area contributed by atoms with Crippen molar-refractivity contribution in [2.24, 2.45) is 11.8 Å². The molecule has 64 heavy (non-hydrogen) atoms. The number of carbonyl (C=O) groups excluding carboxylic acids is 8. The number of nitrogens with one attached hydrogen (secondary N) is 2. The Hall–Kier alpha value is -6.28. The van der Waals surface area contributed by atoms with E-state index in [9.17, 15) is 55.2 Å². The van der Waals surface area contributed by atoms with Crippen LogP contribution in [0.25, 0.3) is 0 Å². The summed E-state index contributed by atoms with van der Waals surface area (Å²) in [5, 5.41) is 5.57. The molecule has 0 spiro atoms. The Balaban J connectivity index is 1.64. The summed E-state index contributed by atoms with van der Waals surface area (Å²) in [6.45, 7) is 8.10. The molecule has 0 radical (unpaired) electrons. The molecule has 3 aliphatic rings. The lowest BCUT2D eigenvalue weighted by Gasteiger charge is -2.23. The van der Waals surface area contributed by atoms with E-state index in [0.717, 1.165) is 0 Å². The van der Waals surface area contributed by atoms with Crippen molar-refractivity contribution in [1.82, 2.24) is 10.6 Å². The van der Waals surface area contributed by atoms with Gasteiger partial charge in [0.05, 0.1) is 25.0 Å². The van der Waals surface area contributed by atoms with E-state index in [1.807, 2.05) is 20.8 Å². The average Bonchev–Trinajstić information content (AvgIpc) is 3.19. The van der Waals surface area contributed by atoms with Gasteiger partial charge in [-0.05, 0) is 78.4 Å². The van der Waals surface area contributed by atoms with Crippen LogP contribution in [0.3, 0.4) is 0 Å². The minimum atomic E-state index is -4.55. The van der Waals surface area contributed by atoms with Gasteiger partial charge in [-0.25, -0.2) is 16.8 Å². The van der Waals surface area contributed by atoms with E-state index in [1.165, 1.54) is 68.4 Å². The molecule has 3 aromatic rings. The molecule has 344 valence electrons. The zero-order valence-corrected chi connectivity index (χ0v) is 37.6. The number of ketones is 2. The van der Waals surface area contributed by atoms with Crippen molar-refractivity contribution >= 4 is 66.9 Å². The maximum absolute atomic E-state index is 13.4. The summed E-state index contributed by atoms with van der Waals surface area (Å²) in [4.78, 5) is 105. The number of rotatable bonds is 4. The van der Waals surface area contributed by atoms with E-state index >= 15 is 0 Å². The van der Waals surface area contributed by atoms with Gasteiger partial charge in [0.25, 0.3) is 11.8 Å². The molecule has 2 atom stereocenters. The molecule has 3 aliphatic heterocycles. The van der Waals surface area contributed by atoms with Gasteiger partial charge >= 0.3 is 23.9 Å². The van der Waals surface area contributed by atoms with E-state index in [4.69, 9.17) is 18.9 Å². The van der Waals surface area contributed by atoms with Crippen molar-refractivity contribution in [2.75, 3.05) is 36.2 Å². The molecule has 0 saturated carbocycles. The molecular weight excluding hydrogens is 877 g/mol. The van der Waals surface area contributed by atoms with Gasteiger partial charge in [-0.2, -0.15) is 0 Å². The third-order valence-corrected chi connectivity index (χ3v) is 12.4. The van der Waals surface area contributed by atoms with Crippen LogP contribution < -0.4 is 20.1 Å². The first-order valence-corrected chi connectivity index (χ1v) is 23.7. The second-order valence-corrected chi connectivity index (χ2v) is 20.0. The Morgan fingerprint density at radius 3 is 1.28 bits per heavy atom. The first-order valence-electron chi connectivity index (χ1n) is 20.1. The quantitative estimate of drug-likeness (QED) is 0.281. The lowest BCUT2D eigenvalue weighted by molar-refractivity contribution is -0.162. The number of fused-ring (bicyclic) bond motifs is 2. The summed E-state index contributed by atoms with van der Waals surface area (Å²) >= 11 is 0. The summed E-state index contributed by atoms with van der Waals surface area (Å²) in [6.07, 6.45) is -1.95. The van der Waals surface area contributed by atoms with E-state index in [1.54, 1.807) is 12.1 Å². The number of benzene rings is 3. The van der Waals surface area contributed by atoms with Crippen molar-refractivity contribution < 1.29 is 74.1 Å². The van der Waals surface area contributed by atoms with Crippen molar-refractivity contribution in [3.8, 4) is 11.5 Å². The molecule has 18 nitrogen and oxygen atoms in total. The second kappa shape index (κ2) is 21.9. The number of amides is 2. The Morgan fingerprint density at radius 2 is 0.953 bits per heavy atom. The van der Waals surface area contributed by atoms with Crippen molar-refractivity contribution in [3.05, 3.63) is 94.5 Å². The molecule has 0 fully saturated rings. The molecule has 0 saturated heterocycles. The van der Waals surface area contributed by atoms with Gasteiger partial charge in [0.2, 0.25) is 0 Å². The lowest BCUT2D eigenvalue weighted by atomic mass is 9.84. The SMILES string of the molecule is CCOC(=O)[C@H]1CC(=O)CS(=O)(=O)CC(=O)Oc2ccc(cc2)CNC(=O)c2cc(cc(C(C)(C)C)c2)C(=O)NCc2ccc(cc2)OC(=O)CS(=O)(=O)CC(=O)C[C@@H]1C(=O)OCC. The molecule has 2 amide bonds. The number of hydrogen-bond donors (Lipinski definition) is 2. The fourth-order valence-electron chi connectivity index (χ4n) is 6.40. The molecular formula is C44H50N2O16S2. The standard InChI is InChI=1S/C44H50N2O16S2/c1-6-59-42(53)36-19-32(47)23-63(55,56)25-38(49)61-34-12-8-27(9-13-34)21-45-40(51)29-16-30(18-31(17-29)44(3,4)5)41(52)46-22-28-10-14-35(15-11-28)62-39(50)26-64(57,58)24-33(48)20-37(36)43(54)60-7-2/h8-18,36-37H,6-7,19-26H2,1-5H3,(H,45,51)(H,46,52)/t36-,37-/m0/s1. The minimum Gasteiger partial charge on any atom is -0.466 e. The maximum Gasteiger partial charge on any atom is 0.326 e. The van der Waals surface area contributed by atoms with Gasteiger partial charge in [-0.1, -0.05) is 45.0 Å². The van der Waals surface area contributed by atoms with Gasteiger partial charge in [-0.15, -0.1) is 0 Å². The molecule has 3 aromatic carbocycles. The average molecular weight is 927 g/mol. The van der Waals surface area contributed by atoms with Gasteiger partial charge in [0.15, 0.2) is 19.7 Å². The van der Waals surface area contributed by atoms with Crippen LogP contribution in [0.15, 0.2) is 66.7 Å². The monoisotopic (exact) mass is 926 g/mol. The summed E-state index contributed by atoms with van der Waals surface area (Å²) in [7, 11) is -9.10. The molecule has 0 aliphatic carbocycles. The minimum absolute atomic E-state index is 0.0178. The first kappa shape index (κ1) is 50.4. The predicted molar refractivity (Wildman–Crippen MR) is 228 cm³/mol. The van der Waals surface area contributed by atoms with E-state index in [0.29, 0.717) is 16.7 Å². The number of hydrogen-bond acceptors (Lipinski definition) is 16. The highest BCUT2D eigenvalue weighted by atomic mass is 32.2. The molecule has 20 heteroatoms. The Labute approximate surface area is 370 Å². The molecule has 6 bridgehead atoms. The number of esters is 4. The lowest BCUT2D eigenvalue weighted by Crippen LogP contribution is -2.38. The topological polar surface area (TPSA) is 266 Å². The van der Waals surface area contributed by atoms with Gasteiger partial charge in [-0.3, -0.25) is 38.4 Å². The number of carbonyl (C=O) groups is 8. The normalized spacial score (nSPS) is 19.6. The third kappa shape index (κ3) is 15.5. The molecule has 0 aromatic heterocycles. The summed E-state index contributed by atoms with van der Waals surface area (Å²) in [6, 6.07) is 16.3. The molecule has 6 rings (SSSR count). The zero-order chi connectivity index (χ0) is 47.4. The van der Waals surface area contributed by atoms with Crippen LogP contribution in [0.1, 0.15) is 84.9 Å². The summed E-state index contributed by atoms with van der Waals surface area (Å²) in [5.74, 6) is -17.0. The highest BCUT2D eigenvalue weighted by Crippen LogP contribution is 2.27. The Bertz CT molecular complexity index is 2330. The highest BCUT2D eigenvalue weighted by molar-refractivity contribution is 7.93. The number of sulfone groups is 2. The van der Waals surface area contributed by atoms with Crippen molar-refractivity contribution in [1.29, 1.82) is 0 Å². The zero-order valence-electron chi connectivity index (χ0n) is 35.9. The van der Waals surface area contributed by atoms with Crippen LogP contribution in [-0.2, 0) is 76.4 Å². The fraction of sp³-hybridized carbons (Fsp3) is 0.409. The van der Waals surface area contributed by atoms with Gasteiger partial charge < -0.3 is 29.6 Å². The third-order valence-electron chi connectivity index (χ3n) is 9.54. The number of Topliss-reactive ketones (excluding diaryl/α,β-unsaturated/α-hetero) is 2. The van der Waals surface area contributed by atoms with E-state index in [-0.39, 0.29) is 48.9 Å². The predicted octanol–water partition coefficient (Wildman–Crippen LogP) is 2.78. The fourth-order valence-corrected chi connectivity index (χ4v) is 8.66. The Morgan fingerprint density at radius 1 is 0.594 bits per heavy atom. The van der Waals surface area contributed by atoms with Crippen molar-refractivity contribution in [3.63, 3.8) is 0 Å². The van der Waals surface area contributed by atoms with Gasteiger partial charge in [0, 0.05) is 37.1 Å². The van der Waals surface area contributed by atoms with E-state index < -0.39 is 120 Å². The molecule has 0 unspecified atom stereocenters. The van der Waals surface area contributed by atoms with Crippen LogP contribution in [0.5, 0.6) is 11.5 Å². The first-order chi connectivity index (χ1) is 30.0. The highest BCUT2D eigenvalue weighted by Gasteiger charge is 2.40. The molecule has 3 heterocycles. The second-order valence-electron chi connectivity index (χ2n) is 15.9. The summed E-state index contributed by atoms with van der Waals surface area (Å²) in [5.41, 5.74) is 1.80. The number of ether oxygens (including phenoxy) is 4. The van der Waals surface area contributed by atoms with Crippen LogP contribution >= 0.6 is 0 Å². The largest absolute Gasteiger partial charge is 0.466 e. The van der Waals surface area contributed by atoms with Crippen LogP contribution in [0.4, 0.5) is 0 Å². The maximum atomic E-state index is 13.4. The van der Waals surface area contributed by atoms with Gasteiger partial charge in [0.1, 0.15) is 46.1 Å². The summed E-state index contributed by atoms with van der Waals surface area (Å²) < 4.78 is 72.3. The van der Waals surface area contributed by atoms with Crippen molar-refractivity contribution in [2.45, 2.75) is 66.0 Å².